The zero-order chi connectivity index (χ0) is 14.4. The first kappa shape index (κ1) is 14.9. The third kappa shape index (κ3) is 4.28. The number of hydrogen-bond donors (Lipinski definition) is 1. The Balaban J connectivity index is 1.88. The normalized spacial score (nSPS) is 10.1. The summed E-state index contributed by atoms with van der Waals surface area (Å²) in [4.78, 5) is 14.9. The Bertz CT molecular complexity index is 577. The van der Waals surface area contributed by atoms with Gasteiger partial charge in [-0.15, -0.1) is 11.8 Å². The van der Waals surface area contributed by atoms with Crippen molar-refractivity contribution in [3.05, 3.63) is 59.1 Å². The number of thioether (sulfide) groups is 1. The number of rotatable bonds is 4. The number of urea groups is 1. The van der Waals surface area contributed by atoms with Crippen LogP contribution in [0.4, 0.5) is 10.5 Å². The van der Waals surface area contributed by atoms with Crippen molar-refractivity contribution in [3.8, 4) is 0 Å². The maximum atomic E-state index is 12.1. The fraction of sp³-hybridized carbons (Fsp3) is 0.133. The Kier molecular flexibility index (Phi) is 5.49. The molecular weight excluding hydrogens is 336 g/mol. The Morgan fingerprint density at radius 2 is 1.80 bits per heavy atom. The van der Waals surface area contributed by atoms with Gasteiger partial charge in [-0.3, -0.25) is 0 Å². The number of nitrogens with one attached hydrogen (secondary N) is 1. The van der Waals surface area contributed by atoms with E-state index in [1.54, 1.807) is 23.7 Å². The lowest BCUT2D eigenvalue weighted by atomic mass is 10.3. The Hall–Kier alpha value is -1.46. The van der Waals surface area contributed by atoms with E-state index in [0.29, 0.717) is 5.88 Å². The molecule has 0 saturated carbocycles. The molecule has 104 valence electrons. The van der Waals surface area contributed by atoms with Gasteiger partial charge in [-0.25, -0.2) is 4.79 Å². The van der Waals surface area contributed by atoms with Crippen LogP contribution in [0.3, 0.4) is 0 Å². The number of hydrogen-bond acceptors (Lipinski definition) is 2. The van der Waals surface area contributed by atoms with E-state index in [2.05, 4.69) is 21.2 Å². The highest BCUT2D eigenvalue weighted by Gasteiger charge is 2.10. The van der Waals surface area contributed by atoms with Crippen molar-refractivity contribution in [1.29, 1.82) is 0 Å². The molecule has 0 spiro atoms. The van der Waals surface area contributed by atoms with E-state index in [0.717, 1.165) is 15.1 Å². The van der Waals surface area contributed by atoms with Gasteiger partial charge in [-0.1, -0.05) is 30.3 Å². The molecule has 2 rings (SSSR count). The van der Waals surface area contributed by atoms with Crippen molar-refractivity contribution in [2.45, 2.75) is 4.90 Å². The minimum absolute atomic E-state index is 0.125. The fourth-order valence-electron chi connectivity index (χ4n) is 1.52. The van der Waals surface area contributed by atoms with Crippen LogP contribution in [0.15, 0.2) is 64.0 Å². The van der Waals surface area contributed by atoms with Crippen molar-refractivity contribution in [2.75, 3.05) is 18.2 Å². The summed E-state index contributed by atoms with van der Waals surface area (Å²) in [6.45, 7) is 0. The smallest absolute Gasteiger partial charge is 0.318 e. The van der Waals surface area contributed by atoms with Crippen molar-refractivity contribution in [2.24, 2.45) is 0 Å². The van der Waals surface area contributed by atoms with Gasteiger partial charge in [-0.2, -0.15) is 0 Å². The molecule has 0 aliphatic heterocycles. The lowest BCUT2D eigenvalue weighted by Gasteiger charge is -2.18. The Labute approximate surface area is 131 Å². The predicted molar refractivity (Wildman–Crippen MR) is 88.1 cm³/mol. The van der Waals surface area contributed by atoms with Crippen molar-refractivity contribution in [3.63, 3.8) is 0 Å². The van der Waals surface area contributed by atoms with Gasteiger partial charge < -0.3 is 10.2 Å². The lowest BCUT2D eigenvalue weighted by Crippen LogP contribution is -2.31. The Morgan fingerprint density at radius 3 is 2.50 bits per heavy atom. The first-order chi connectivity index (χ1) is 9.66. The number of amides is 2. The summed E-state index contributed by atoms with van der Waals surface area (Å²) >= 11 is 5.04. The second-order valence-electron chi connectivity index (χ2n) is 4.19. The largest absolute Gasteiger partial charge is 0.322 e. The quantitative estimate of drug-likeness (QED) is 0.642. The van der Waals surface area contributed by atoms with Gasteiger partial charge in [0.2, 0.25) is 0 Å². The predicted octanol–water partition coefficient (Wildman–Crippen LogP) is 4.66. The first-order valence-corrected chi connectivity index (χ1v) is 7.89. The van der Waals surface area contributed by atoms with Crippen LogP contribution >= 0.6 is 27.7 Å². The van der Waals surface area contributed by atoms with Gasteiger partial charge >= 0.3 is 6.03 Å². The molecule has 0 saturated heterocycles. The number of carbonyl (C=O) groups excluding carboxylic acids is 1. The number of benzene rings is 2. The molecule has 0 aromatic heterocycles. The van der Waals surface area contributed by atoms with E-state index >= 15 is 0 Å². The van der Waals surface area contributed by atoms with Crippen molar-refractivity contribution in [1.82, 2.24) is 4.90 Å². The standard InChI is InChI=1S/C15H15BrN2OS/c1-18(11-20-12-7-3-2-4-8-12)15(19)17-14-10-6-5-9-13(14)16/h2-10H,11H2,1H3,(H,17,19). The number of para-hydroxylation sites is 1. The van der Waals surface area contributed by atoms with Crippen molar-refractivity contribution >= 4 is 39.4 Å². The van der Waals surface area contributed by atoms with Crippen LogP contribution in [0, 0.1) is 0 Å². The van der Waals surface area contributed by atoms with Gasteiger partial charge in [0.25, 0.3) is 0 Å². The molecule has 20 heavy (non-hydrogen) atoms. The third-order valence-electron chi connectivity index (χ3n) is 2.63. The van der Waals surface area contributed by atoms with E-state index in [1.807, 2.05) is 54.6 Å². The molecule has 0 atom stereocenters. The third-order valence-corrected chi connectivity index (χ3v) is 4.44. The monoisotopic (exact) mass is 350 g/mol. The molecule has 2 aromatic carbocycles. The summed E-state index contributed by atoms with van der Waals surface area (Å²) in [6.07, 6.45) is 0. The van der Waals surface area contributed by atoms with Crippen LogP contribution in [-0.2, 0) is 0 Å². The summed E-state index contributed by atoms with van der Waals surface area (Å²) in [7, 11) is 1.78. The topological polar surface area (TPSA) is 32.3 Å². The molecule has 0 unspecified atom stereocenters. The van der Waals surface area contributed by atoms with Crippen LogP contribution in [0.1, 0.15) is 0 Å². The van der Waals surface area contributed by atoms with Crippen LogP contribution < -0.4 is 5.32 Å². The molecule has 0 aliphatic rings. The SMILES string of the molecule is CN(CSc1ccccc1)C(=O)Nc1ccccc1Br. The highest BCUT2D eigenvalue weighted by Crippen LogP contribution is 2.22. The summed E-state index contributed by atoms with van der Waals surface area (Å²) in [5.41, 5.74) is 0.772. The van der Waals surface area contributed by atoms with E-state index in [4.69, 9.17) is 0 Å². The highest BCUT2D eigenvalue weighted by atomic mass is 79.9. The summed E-state index contributed by atoms with van der Waals surface area (Å²) < 4.78 is 0.873. The second-order valence-corrected chi connectivity index (χ2v) is 6.07. The van der Waals surface area contributed by atoms with E-state index in [-0.39, 0.29) is 6.03 Å². The Morgan fingerprint density at radius 1 is 1.15 bits per heavy atom. The van der Waals surface area contributed by atoms with Crippen LogP contribution in [0.2, 0.25) is 0 Å². The molecular formula is C15H15BrN2OS. The van der Waals surface area contributed by atoms with Crippen LogP contribution in [0.25, 0.3) is 0 Å². The van der Waals surface area contributed by atoms with Gasteiger partial charge in [0, 0.05) is 16.4 Å². The van der Waals surface area contributed by atoms with Crippen LogP contribution in [-0.4, -0.2) is 23.9 Å². The molecule has 0 fully saturated rings. The van der Waals surface area contributed by atoms with Crippen molar-refractivity contribution < 1.29 is 4.79 Å². The lowest BCUT2D eigenvalue weighted by molar-refractivity contribution is 0.229. The zero-order valence-corrected chi connectivity index (χ0v) is 13.4. The van der Waals surface area contributed by atoms with E-state index in [9.17, 15) is 4.79 Å². The number of anilines is 1. The van der Waals surface area contributed by atoms with Gasteiger partial charge in [0.1, 0.15) is 0 Å². The molecule has 1 N–H and O–H groups in total. The molecule has 2 aromatic rings. The highest BCUT2D eigenvalue weighted by molar-refractivity contribution is 9.10. The van der Waals surface area contributed by atoms with Crippen LogP contribution in [0.5, 0.6) is 0 Å². The second kappa shape index (κ2) is 7.36. The number of nitrogens with zero attached hydrogens (tertiary/aromatic N) is 1. The van der Waals surface area contributed by atoms with E-state index in [1.165, 1.54) is 0 Å². The molecule has 5 heteroatoms. The van der Waals surface area contributed by atoms with Gasteiger partial charge in [0.15, 0.2) is 0 Å². The molecule has 0 radical (unpaired) electrons. The minimum Gasteiger partial charge on any atom is -0.318 e. The first-order valence-electron chi connectivity index (χ1n) is 6.11. The maximum Gasteiger partial charge on any atom is 0.322 e. The summed E-state index contributed by atoms with van der Waals surface area (Å²) in [5, 5.41) is 2.87. The van der Waals surface area contributed by atoms with Gasteiger partial charge in [0.05, 0.1) is 11.6 Å². The molecule has 0 bridgehead atoms. The van der Waals surface area contributed by atoms with E-state index < -0.39 is 0 Å². The zero-order valence-electron chi connectivity index (χ0n) is 11.0. The molecule has 0 heterocycles. The van der Waals surface area contributed by atoms with Gasteiger partial charge in [-0.05, 0) is 40.2 Å². The molecule has 3 nitrogen and oxygen atoms in total. The number of carbonyl (C=O) groups is 1. The maximum absolute atomic E-state index is 12.1. The summed E-state index contributed by atoms with van der Waals surface area (Å²) in [5.74, 6) is 0.598. The summed E-state index contributed by atoms with van der Waals surface area (Å²) in [6, 6.07) is 17.5. The fourth-order valence-corrected chi connectivity index (χ4v) is 2.71. The minimum atomic E-state index is -0.125. The molecule has 2 amide bonds. The molecule has 0 aliphatic carbocycles. The average Bonchev–Trinajstić information content (AvgIpc) is 2.48. The number of halogens is 1. The average molecular weight is 351 g/mol.